The molecule has 24 heavy (non-hydrogen) atoms. The molecule has 0 amide bonds. The first-order valence-corrected chi connectivity index (χ1v) is 8.26. The lowest BCUT2D eigenvalue weighted by atomic mass is 10.2. The fourth-order valence-corrected chi connectivity index (χ4v) is 2.80. The summed E-state index contributed by atoms with van der Waals surface area (Å²) in [4.78, 5) is 2.24. The molecule has 0 aliphatic heterocycles. The molecule has 1 heterocycles. The van der Waals surface area contributed by atoms with Crippen molar-refractivity contribution in [2.24, 2.45) is 0 Å². The monoisotopic (exact) mass is 321 g/mol. The fraction of sp³-hybridized carbons (Fsp3) is 0.250. The van der Waals surface area contributed by atoms with Gasteiger partial charge in [0.15, 0.2) is 0 Å². The van der Waals surface area contributed by atoms with Crippen LogP contribution in [0, 0.1) is 0 Å². The quantitative estimate of drug-likeness (QED) is 0.693. The molecule has 4 nitrogen and oxygen atoms in total. The summed E-state index contributed by atoms with van der Waals surface area (Å²) in [5.74, 6) is 0. The van der Waals surface area contributed by atoms with Crippen molar-refractivity contribution >= 4 is 0 Å². The fourth-order valence-electron chi connectivity index (χ4n) is 2.80. The van der Waals surface area contributed by atoms with Crippen LogP contribution >= 0.6 is 0 Å². The molecule has 0 atom stereocenters. The molecule has 1 aromatic heterocycles. The average molecular weight is 321 g/mol. The Labute approximate surface area is 143 Å². The molecular formula is C20H23N3O. The molecule has 0 aliphatic rings. The summed E-state index contributed by atoms with van der Waals surface area (Å²) >= 11 is 0. The van der Waals surface area contributed by atoms with E-state index in [0.717, 1.165) is 25.2 Å². The van der Waals surface area contributed by atoms with E-state index in [1.54, 1.807) is 0 Å². The highest BCUT2D eigenvalue weighted by Gasteiger charge is 2.08. The highest BCUT2D eigenvalue weighted by molar-refractivity contribution is 5.16. The van der Waals surface area contributed by atoms with Crippen molar-refractivity contribution in [2.75, 3.05) is 13.2 Å². The topological polar surface area (TPSA) is 41.3 Å². The zero-order chi connectivity index (χ0) is 16.6. The smallest absolute Gasteiger partial charge is 0.0659 e. The van der Waals surface area contributed by atoms with Crippen molar-refractivity contribution in [1.29, 1.82) is 0 Å². The molecule has 0 saturated heterocycles. The molecule has 0 radical (unpaired) electrons. The molecule has 1 N–H and O–H groups in total. The third kappa shape index (κ3) is 4.78. The van der Waals surface area contributed by atoms with Gasteiger partial charge in [0, 0.05) is 31.4 Å². The number of aromatic nitrogens is 2. The van der Waals surface area contributed by atoms with Crippen molar-refractivity contribution in [3.8, 4) is 0 Å². The van der Waals surface area contributed by atoms with Crippen molar-refractivity contribution < 1.29 is 5.11 Å². The molecular weight excluding hydrogens is 298 g/mol. The summed E-state index contributed by atoms with van der Waals surface area (Å²) < 4.78 is 1.96. The predicted octanol–water partition coefficient (Wildman–Crippen LogP) is 2.93. The van der Waals surface area contributed by atoms with E-state index < -0.39 is 0 Å². The van der Waals surface area contributed by atoms with E-state index in [9.17, 15) is 5.11 Å². The van der Waals surface area contributed by atoms with E-state index in [0.29, 0.717) is 6.54 Å². The Kier molecular flexibility index (Phi) is 5.77. The van der Waals surface area contributed by atoms with Crippen LogP contribution in [-0.4, -0.2) is 32.9 Å². The second-order valence-electron chi connectivity index (χ2n) is 5.95. The van der Waals surface area contributed by atoms with Gasteiger partial charge in [-0.15, -0.1) is 0 Å². The Morgan fingerprint density at radius 3 is 2.12 bits per heavy atom. The van der Waals surface area contributed by atoms with Crippen LogP contribution in [0.3, 0.4) is 0 Å². The summed E-state index contributed by atoms with van der Waals surface area (Å²) in [7, 11) is 0. The number of hydrogen-bond acceptors (Lipinski definition) is 3. The van der Waals surface area contributed by atoms with Gasteiger partial charge in [0.25, 0.3) is 0 Å². The van der Waals surface area contributed by atoms with Gasteiger partial charge in [-0.2, -0.15) is 5.10 Å². The second-order valence-corrected chi connectivity index (χ2v) is 5.95. The van der Waals surface area contributed by atoms with Gasteiger partial charge in [0.1, 0.15) is 0 Å². The predicted molar refractivity (Wildman–Crippen MR) is 95.4 cm³/mol. The molecule has 4 heteroatoms. The lowest BCUT2D eigenvalue weighted by Crippen LogP contribution is -2.25. The van der Waals surface area contributed by atoms with E-state index in [1.165, 1.54) is 11.1 Å². The van der Waals surface area contributed by atoms with Crippen LogP contribution in [0.5, 0.6) is 0 Å². The zero-order valence-electron chi connectivity index (χ0n) is 13.8. The van der Waals surface area contributed by atoms with Crippen molar-refractivity contribution in [3.05, 3.63) is 89.7 Å². The maximum Gasteiger partial charge on any atom is 0.0659 e. The molecule has 0 saturated carbocycles. The van der Waals surface area contributed by atoms with Crippen molar-refractivity contribution in [3.63, 3.8) is 0 Å². The summed E-state index contributed by atoms with van der Waals surface area (Å²) in [6, 6.07) is 20.7. The van der Waals surface area contributed by atoms with E-state index in [2.05, 4.69) is 40.5 Å². The standard InChI is InChI=1S/C20H23N3O/c24-12-11-22(14-18-7-3-1-4-8-18)15-20-13-21-23(17-20)16-19-9-5-2-6-10-19/h1-10,13,17,24H,11-12,14-16H2. The van der Waals surface area contributed by atoms with Gasteiger partial charge < -0.3 is 5.11 Å². The number of nitrogens with zero attached hydrogens (tertiary/aromatic N) is 3. The van der Waals surface area contributed by atoms with Gasteiger partial charge in [0.2, 0.25) is 0 Å². The average Bonchev–Trinajstić information content (AvgIpc) is 3.04. The SMILES string of the molecule is OCCN(Cc1ccccc1)Cc1cnn(Cc2ccccc2)c1. The van der Waals surface area contributed by atoms with Crippen LogP contribution in [-0.2, 0) is 19.6 Å². The van der Waals surface area contributed by atoms with Crippen LogP contribution in [0.25, 0.3) is 0 Å². The van der Waals surface area contributed by atoms with E-state index >= 15 is 0 Å². The second kappa shape index (κ2) is 8.43. The summed E-state index contributed by atoms with van der Waals surface area (Å²) in [5.41, 5.74) is 3.65. The first-order valence-electron chi connectivity index (χ1n) is 8.26. The lowest BCUT2D eigenvalue weighted by molar-refractivity contribution is 0.184. The highest BCUT2D eigenvalue weighted by atomic mass is 16.3. The largest absolute Gasteiger partial charge is 0.395 e. The third-order valence-electron chi connectivity index (χ3n) is 3.95. The molecule has 3 aromatic rings. The Morgan fingerprint density at radius 1 is 0.833 bits per heavy atom. The van der Waals surface area contributed by atoms with Crippen LogP contribution in [0.15, 0.2) is 73.1 Å². The minimum atomic E-state index is 0.158. The Hall–Kier alpha value is -2.43. The van der Waals surface area contributed by atoms with Crippen molar-refractivity contribution in [2.45, 2.75) is 19.6 Å². The van der Waals surface area contributed by atoms with Gasteiger partial charge >= 0.3 is 0 Å². The van der Waals surface area contributed by atoms with Crippen LogP contribution in [0.4, 0.5) is 0 Å². The number of hydrogen-bond donors (Lipinski definition) is 1. The first kappa shape index (κ1) is 16.4. The molecule has 0 aliphatic carbocycles. The number of aliphatic hydroxyl groups is 1. The number of benzene rings is 2. The van der Waals surface area contributed by atoms with E-state index in [1.807, 2.05) is 47.3 Å². The minimum absolute atomic E-state index is 0.158. The van der Waals surface area contributed by atoms with Crippen molar-refractivity contribution in [1.82, 2.24) is 14.7 Å². The first-order chi connectivity index (χ1) is 11.8. The molecule has 0 spiro atoms. The van der Waals surface area contributed by atoms with E-state index in [-0.39, 0.29) is 6.61 Å². The summed E-state index contributed by atoms with van der Waals surface area (Å²) in [6.45, 7) is 3.19. The molecule has 2 aromatic carbocycles. The van der Waals surface area contributed by atoms with Gasteiger partial charge in [0.05, 0.1) is 19.3 Å². The third-order valence-corrected chi connectivity index (χ3v) is 3.95. The van der Waals surface area contributed by atoms with Gasteiger partial charge in [-0.1, -0.05) is 60.7 Å². The van der Waals surface area contributed by atoms with Crippen LogP contribution in [0.2, 0.25) is 0 Å². The van der Waals surface area contributed by atoms with E-state index in [4.69, 9.17) is 0 Å². The molecule has 0 fully saturated rings. The lowest BCUT2D eigenvalue weighted by Gasteiger charge is -2.20. The van der Waals surface area contributed by atoms with Gasteiger partial charge in [-0.25, -0.2) is 0 Å². The molecule has 124 valence electrons. The minimum Gasteiger partial charge on any atom is -0.395 e. The Balaban J connectivity index is 1.62. The van der Waals surface area contributed by atoms with Gasteiger partial charge in [-0.3, -0.25) is 9.58 Å². The summed E-state index contributed by atoms with van der Waals surface area (Å²) in [5, 5.41) is 13.8. The zero-order valence-corrected chi connectivity index (χ0v) is 13.8. The molecule has 0 unspecified atom stereocenters. The molecule has 0 bridgehead atoms. The highest BCUT2D eigenvalue weighted by Crippen LogP contribution is 2.10. The Morgan fingerprint density at radius 2 is 1.46 bits per heavy atom. The number of rotatable bonds is 8. The maximum atomic E-state index is 9.33. The molecule has 3 rings (SSSR count). The van der Waals surface area contributed by atoms with Crippen LogP contribution < -0.4 is 0 Å². The van der Waals surface area contributed by atoms with Crippen LogP contribution in [0.1, 0.15) is 16.7 Å². The summed E-state index contributed by atoms with van der Waals surface area (Å²) in [6.07, 6.45) is 4.00. The number of aliphatic hydroxyl groups excluding tert-OH is 1. The normalized spacial score (nSPS) is 11.1. The maximum absolute atomic E-state index is 9.33. The van der Waals surface area contributed by atoms with Gasteiger partial charge in [-0.05, 0) is 11.1 Å². The Bertz CT molecular complexity index is 725.